The molecule has 2 aromatic heterocycles. The molecule has 0 spiro atoms. The summed E-state index contributed by atoms with van der Waals surface area (Å²) in [6, 6.07) is 14.8. The zero-order valence-electron chi connectivity index (χ0n) is 17.8. The molecule has 0 aliphatic rings. The van der Waals surface area contributed by atoms with Crippen LogP contribution < -0.4 is 16.6 Å². The van der Waals surface area contributed by atoms with Crippen molar-refractivity contribution >= 4 is 22.6 Å². The molecule has 1 amide bonds. The number of hydrogen-bond donors (Lipinski definition) is 1. The maximum Gasteiger partial charge on any atom is 0.352 e. The first-order chi connectivity index (χ1) is 14.8. The van der Waals surface area contributed by atoms with E-state index in [1.54, 1.807) is 24.3 Å². The Morgan fingerprint density at radius 2 is 1.77 bits per heavy atom. The molecule has 0 bridgehead atoms. The van der Waals surface area contributed by atoms with Gasteiger partial charge in [0, 0.05) is 13.1 Å². The predicted octanol–water partition coefficient (Wildman–Crippen LogP) is 2.09. The van der Waals surface area contributed by atoms with E-state index >= 15 is 0 Å². The Morgan fingerprint density at radius 3 is 2.48 bits per heavy atom. The first kappa shape index (κ1) is 20.6. The summed E-state index contributed by atoms with van der Waals surface area (Å²) in [5.74, 6) is 0.0996. The van der Waals surface area contributed by atoms with Crippen LogP contribution in [0.3, 0.4) is 0 Å². The van der Waals surface area contributed by atoms with Gasteiger partial charge in [-0.1, -0.05) is 55.8 Å². The van der Waals surface area contributed by atoms with Crippen molar-refractivity contribution in [1.29, 1.82) is 0 Å². The largest absolute Gasteiger partial charge is 0.352 e. The molecule has 0 saturated heterocycles. The van der Waals surface area contributed by atoms with Gasteiger partial charge in [-0.15, -0.1) is 5.10 Å². The molecule has 0 unspecified atom stereocenters. The summed E-state index contributed by atoms with van der Waals surface area (Å²) in [5, 5.41) is 7.61. The molecule has 2 aromatic carbocycles. The minimum atomic E-state index is -0.450. The van der Waals surface area contributed by atoms with E-state index < -0.39 is 5.69 Å². The lowest BCUT2D eigenvalue weighted by atomic mass is 10.1. The van der Waals surface area contributed by atoms with E-state index in [0.717, 1.165) is 15.8 Å². The third-order valence-electron chi connectivity index (χ3n) is 5.14. The molecule has 2 heterocycles. The number of fused-ring (bicyclic) bond motifs is 3. The van der Waals surface area contributed by atoms with Crippen LogP contribution in [0.2, 0.25) is 0 Å². The standard InChI is InChI=1S/C23H25N5O3/c1-15(2)13-26-21(30)18-6-4-5-7-19(18)28-22(26)25-27(23(28)31)14-20(29)24-12-17-10-8-16(3)9-11-17/h4-11,15H,12-14H2,1-3H3,(H,24,29). The Morgan fingerprint density at radius 1 is 1.06 bits per heavy atom. The number of aryl methyl sites for hydroxylation is 1. The summed E-state index contributed by atoms with van der Waals surface area (Å²) in [5.41, 5.74) is 1.95. The number of para-hydroxylation sites is 1. The monoisotopic (exact) mass is 419 g/mol. The van der Waals surface area contributed by atoms with Crippen molar-refractivity contribution in [1.82, 2.24) is 24.1 Å². The Balaban J connectivity index is 1.70. The van der Waals surface area contributed by atoms with Gasteiger partial charge in [-0.05, 0) is 30.5 Å². The van der Waals surface area contributed by atoms with Crippen LogP contribution in [0.4, 0.5) is 0 Å². The highest BCUT2D eigenvalue weighted by Gasteiger charge is 2.19. The van der Waals surface area contributed by atoms with Gasteiger partial charge in [-0.25, -0.2) is 13.9 Å². The van der Waals surface area contributed by atoms with Gasteiger partial charge < -0.3 is 5.32 Å². The Bertz CT molecular complexity index is 1380. The number of nitrogens with zero attached hydrogens (tertiary/aromatic N) is 4. The maximum absolute atomic E-state index is 13.1. The van der Waals surface area contributed by atoms with E-state index in [0.29, 0.717) is 24.0 Å². The number of rotatable bonds is 6. The number of nitrogens with one attached hydrogen (secondary N) is 1. The summed E-state index contributed by atoms with van der Waals surface area (Å²) in [6.07, 6.45) is 0. The zero-order chi connectivity index (χ0) is 22.1. The minimum absolute atomic E-state index is 0.181. The molecular formula is C23H25N5O3. The van der Waals surface area contributed by atoms with Crippen molar-refractivity contribution in [3.63, 3.8) is 0 Å². The van der Waals surface area contributed by atoms with Crippen molar-refractivity contribution in [3.05, 3.63) is 80.5 Å². The third kappa shape index (κ3) is 4.01. The van der Waals surface area contributed by atoms with Crippen LogP contribution in [0.25, 0.3) is 16.7 Å². The summed E-state index contributed by atoms with van der Waals surface area (Å²) >= 11 is 0. The van der Waals surface area contributed by atoms with Crippen LogP contribution in [-0.2, 0) is 24.4 Å². The summed E-state index contributed by atoms with van der Waals surface area (Å²) in [6.45, 7) is 6.54. The lowest BCUT2D eigenvalue weighted by molar-refractivity contribution is -0.122. The van der Waals surface area contributed by atoms with E-state index in [2.05, 4.69) is 10.4 Å². The molecule has 4 rings (SSSR count). The second-order valence-corrected chi connectivity index (χ2v) is 8.16. The predicted molar refractivity (Wildman–Crippen MR) is 119 cm³/mol. The van der Waals surface area contributed by atoms with Crippen LogP contribution in [0.1, 0.15) is 25.0 Å². The average molecular weight is 419 g/mol. The van der Waals surface area contributed by atoms with E-state index in [1.807, 2.05) is 45.0 Å². The SMILES string of the molecule is Cc1ccc(CNC(=O)Cn2nc3n(CC(C)C)c(=O)c4ccccc4n3c2=O)cc1. The molecule has 0 fully saturated rings. The third-order valence-corrected chi connectivity index (χ3v) is 5.14. The molecular weight excluding hydrogens is 394 g/mol. The van der Waals surface area contributed by atoms with Crippen molar-refractivity contribution in [3.8, 4) is 0 Å². The molecule has 8 nitrogen and oxygen atoms in total. The molecule has 160 valence electrons. The fourth-order valence-electron chi connectivity index (χ4n) is 3.60. The molecule has 0 aliphatic carbocycles. The van der Waals surface area contributed by atoms with E-state index in [4.69, 9.17) is 0 Å². The van der Waals surface area contributed by atoms with Gasteiger partial charge in [0.05, 0.1) is 10.9 Å². The number of amides is 1. The normalized spacial score (nSPS) is 11.5. The van der Waals surface area contributed by atoms with Gasteiger partial charge in [0.15, 0.2) is 0 Å². The first-order valence-corrected chi connectivity index (χ1v) is 10.3. The molecule has 31 heavy (non-hydrogen) atoms. The van der Waals surface area contributed by atoms with Gasteiger partial charge in [0.2, 0.25) is 11.7 Å². The van der Waals surface area contributed by atoms with Crippen molar-refractivity contribution in [2.75, 3.05) is 0 Å². The highest BCUT2D eigenvalue weighted by atomic mass is 16.2. The quantitative estimate of drug-likeness (QED) is 0.518. The van der Waals surface area contributed by atoms with Crippen LogP contribution >= 0.6 is 0 Å². The van der Waals surface area contributed by atoms with Crippen LogP contribution in [0.15, 0.2) is 58.1 Å². The van der Waals surface area contributed by atoms with Crippen molar-refractivity contribution in [2.45, 2.75) is 40.4 Å². The summed E-state index contributed by atoms with van der Waals surface area (Å²) in [7, 11) is 0. The number of hydrogen-bond acceptors (Lipinski definition) is 4. The molecule has 0 saturated carbocycles. The molecule has 0 aliphatic heterocycles. The number of carbonyl (C=O) groups is 1. The average Bonchev–Trinajstić information content (AvgIpc) is 3.06. The number of benzene rings is 2. The number of carbonyl (C=O) groups excluding carboxylic acids is 1. The van der Waals surface area contributed by atoms with Gasteiger partial charge in [-0.2, -0.15) is 0 Å². The first-order valence-electron chi connectivity index (χ1n) is 10.3. The number of aromatic nitrogens is 4. The van der Waals surface area contributed by atoms with Crippen molar-refractivity contribution < 1.29 is 4.79 Å². The van der Waals surface area contributed by atoms with E-state index in [-0.39, 0.29) is 29.7 Å². The van der Waals surface area contributed by atoms with Gasteiger partial charge in [0.1, 0.15) is 6.54 Å². The topological polar surface area (TPSA) is 90.4 Å². The minimum Gasteiger partial charge on any atom is -0.350 e. The fraction of sp³-hybridized carbons (Fsp3) is 0.304. The van der Waals surface area contributed by atoms with E-state index in [9.17, 15) is 14.4 Å². The lowest BCUT2D eigenvalue weighted by Crippen LogP contribution is -2.32. The Hall–Kier alpha value is -3.68. The van der Waals surface area contributed by atoms with Gasteiger partial charge in [-0.3, -0.25) is 14.2 Å². The van der Waals surface area contributed by atoms with Crippen LogP contribution in [0.5, 0.6) is 0 Å². The highest BCUT2D eigenvalue weighted by molar-refractivity contribution is 5.80. The second kappa shape index (κ2) is 8.22. The molecule has 0 atom stereocenters. The molecule has 4 aromatic rings. The second-order valence-electron chi connectivity index (χ2n) is 8.16. The maximum atomic E-state index is 13.1. The summed E-state index contributed by atoms with van der Waals surface area (Å²) < 4.78 is 4.03. The van der Waals surface area contributed by atoms with Crippen LogP contribution in [-0.4, -0.2) is 24.7 Å². The zero-order valence-corrected chi connectivity index (χ0v) is 17.8. The fourth-order valence-corrected chi connectivity index (χ4v) is 3.60. The van der Waals surface area contributed by atoms with E-state index in [1.165, 1.54) is 8.97 Å². The molecule has 8 heteroatoms. The highest BCUT2D eigenvalue weighted by Crippen LogP contribution is 2.12. The Kier molecular flexibility index (Phi) is 5.46. The lowest BCUT2D eigenvalue weighted by Gasteiger charge is -2.11. The van der Waals surface area contributed by atoms with Crippen LogP contribution in [0, 0.1) is 12.8 Å². The summed E-state index contributed by atoms with van der Waals surface area (Å²) in [4.78, 5) is 38.6. The van der Waals surface area contributed by atoms with Crippen molar-refractivity contribution in [2.24, 2.45) is 5.92 Å². The van der Waals surface area contributed by atoms with Gasteiger partial charge in [0.25, 0.3) is 5.56 Å². The molecule has 0 radical (unpaired) electrons. The smallest absolute Gasteiger partial charge is 0.350 e. The molecule has 1 N–H and O–H groups in total. The van der Waals surface area contributed by atoms with Gasteiger partial charge >= 0.3 is 5.69 Å². The Labute approximate surface area is 178 Å².